The highest BCUT2D eigenvalue weighted by Crippen LogP contribution is 2.35. The minimum absolute atomic E-state index is 0.371. The van der Waals surface area contributed by atoms with Crippen LogP contribution in [0.2, 0.25) is 0 Å². The van der Waals surface area contributed by atoms with Gasteiger partial charge in [0, 0.05) is 28.6 Å². The van der Waals surface area contributed by atoms with Crippen LogP contribution in [0.1, 0.15) is 10.4 Å². The molecule has 2 N–H and O–H groups in total. The highest BCUT2D eigenvalue weighted by atomic mass is 16.5. The van der Waals surface area contributed by atoms with Crippen LogP contribution in [0, 0.1) is 0 Å². The molecule has 0 spiro atoms. The number of ether oxygens (including phenoxy) is 1. The maximum Gasteiger partial charge on any atom is 0.250 e. The minimum Gasteiger partial charge on any atom is -0.496 e. The highest BCUT2D eigenvalue weighted by molar-refractivity contribution is 6.23. The van der Waals surface area contributed by atoms with Crippen molar-refractivity contribution < 1.29 is 9.53 Å². The van der Waals surface area contributed by atoms with Crippen molar-refractivity contribution in [3.63, 3.8) is 0 Å². The predicted octanol–water partition coefficient (Wildman–Crippen LogP) is 3.04. The number of methoxy groups -OCH3 is 1. The van der Waals surface area contributed by atoms with Crippen molar-refractivity contribution in [1.29, 1.82) is 0 Å². The maximum atomic E-state index is 11.8. The number of hydrogen-bond donors (Lipinski definition) is 1. The second kappa shape index (κ2) is 4.91. The summed E-state index contributed by atoms with van der Waals surface area (Å²) in [7, 11) is 1.62. The van der Waals surface area contributed by atoms with Crippen LogP contribution in [-0.4, -0.2) is 23.0 Å². The van der Waals surface area contributed by atoms with Gasteiger partial charge in [-0.2, -0.15) is 0 Å². The lowest BCUT2D eigenvalue weighted by Gasteiger charge is -2.11. The van der Waals surface area contributed by atoms with Crippen molar-refractivity contribution in [2.24, 2.45) is 5.73 Å². The zero-order valence-corrected chi connectivity index (χ0v) is 12.4. The van der Waals surface area contributed by atoms with E-state index in [9.17, 15) is 4.79 Å². The molecule has 0 radical (unpaired) electrons. The Labute approximate surface area is 131 Å². The molecule has 0 atom stereocenters. The van der Waals surface area contributed by atoms with Crippen molar-refractivity contribution >= 4 is 38.5 Å². The topological polar surface area (TPSA) is 78.1 Å². The Kier molecular flexibility index (Phi) is 2.87. The van der Waals surface area contributed by atoms with Gasteiger partial charge in [-0.15, -0.1) is 0 Å². The number of amides is 1. The van der Waals surface area contributed by atoms with Crippen LogP contribution >= 0.6 is 0 Å². The van der Waals surface area contributed by atoms with Crippen LogP contribution in [0.3, 0.4) is 0 Å². The number of nitrogens with zero attached hydrogens (tertiary/aromatic N) is 2. The molecule has 0 unspecified atom stereocenters. The number of fused-ring (bicyclic) bond motifs is 5. The van der Waals surface area contributed by atoms with E-state index in [0.29, 0.717) is 16.6 Å². The largest absolute Gasteiger partial charge is 0.496 e. The molecule has 2 aromatic carbocycles. The molecule has 0 saturated carbocycles. The molecular weight excluding hydrogens is 290 g/mol. The molecule has 0 fully saturated rings. The average molecular weight is 303 g/mol. The van der Waals surface area contributed by atoms with Crippen molar-refractivity contribution in [2.45, 2.75) is 0 Å². The summed E-state index contributed by atoms with van der Waals surface area (Å²) < 4.78 is 5.42. The van der Waals surface area contributed by atoms with E-state index in [2.05, 4.69) is 9.97 Å². The van der Waals surface area contributed by atoms with Crippen molar-refractivity contribution in [1.82, 2.24) is 9.97 Å². The van der Waals surface area contributed by atoms with E-state index in [1.807, 2.05) is 30.3 Å². The summed E-state index contributed by atoms with van der Waals surface area (Å²) in [5.74, 6) is 0.218. The number of carbonyl (C=O) groups is 1. The molecule has 0 aliphatic rings. The monoisotopic (exact) mass is 303 g/mol. The Hall–Kier alpha value is -3.21. The number of benzene rings is 2. The lowest BCUT2D eigenvalue weighted by Crippen LogP contribution is -2.12. The van der Waals surface area contributed by atoms with Gasteiger partial charge in [-0.05, 0) is 23.6 Å². The third-order valence-corrected chi connectivity index (χ3v) is 4.02. The summed E-state index contributed by atoms with van der Waals surface area (Å²) in [4.78, 5) is 20.7. The van der Waals surface area contributed by atoms with Gasteiger partial charge in [0.25, 0.3) is 5.91 Å². The molecule has 0 aliphatic carbocycles. The third-order valence-electron chi connectivity index (χ3n) is 4.02. The van der Waals surface area contributed by atoms with Crippen LogP contribution in [0.5, 0.6) is 5.75 Å². The molecule has 2 aromatic heterocycles. The van der Waals surface area contributed by atoms with Crippen LogP contribution < -0.4 is 10.5 Å². The molecule has 2 heterocycles. The molecule has 0 saturated heterocycles. The Bertz CT molecular complexity index is 1090. The first-order valence-corrected chi connectivity index (χ1v) is 7.13. The van der Waals surface area contributed by atoms with Crippen molar-refractivity contribution in [3.05, 3.63) is 54.4 Å². The van der Waals surface area contributed by atoms with Gasteiger partial charge in [-0.1, -0.05) is 18.2 Å². The number of hydrogen-bond acceptors (Lipinski definition) is 4. The van der Waals surface area contributed by atoms with Gasteiger partial charge < -0.3 is 10.5 Å². The molecule has 23 heavy (non-hydrogen) atoms. The first kappa shape index (κ1) is 13.5. The smallest absolute Gasteiger partial charge is 0.250 e. The number of aromatic nitrogens is 2. The zero-order chi connectivity index (χ0) is 16.0. The fraction of sp³-hybridized carbons (Fsp3) is 0.0556. The van der Waals surface area contributed by atoms with Gasteiger partial charge in [-0.25, -0.2) is 0 Å². The van der Waals surface area contributed by atoms with Gasteiger partial charge in [0.1, 0.15) is 5.75 Å². The minimum atomic E-state index is -0.516. The zero-order valence-electron chi connectivity index (χ0n) is 12.4. The summed E-state index contributed by atoms with van der Waals surface area (Å²) in [5, 5.41) is 3.63. The molecule has 4 rings (SSSR count). The maximum absolute atomic E-state index is 11.8. The van der Waals surface area contributed by atoms with E-state index < -0.39 is 5.91 Å². The Morgan fingerprint density at radius 3 is 2.70 bits per heavy atom. The van der Waals surface area contributed by atoms with Gasteiger partial charge in [0.2, 0.25) is 0 Å². The first-order chi connectivity index (χ1) is 11.2. The van der Waals surface area contributed by atoms with Crippen LogP contribution in [0.15, 0.2) is 48.8 Å². The van der Waals surface area contributed by atoms with Crippen LogP contribution in [0.25, 0.3) is 32.6 Å². The van der Waals surface area contributed by atoms with Crippen molar-refractivity contribution in [3.8, 4) is 5.75 Å². The Morgan fingerprint density at radius 1 is 1.09 bits per heavy atom. The fourth-order valence-electron chi connectivity index (χ4n) is 3.01. The number of rotatable bonds is 2. The van der Waals surface area contributed by atoms with E-state index in [4.69, 9.17) is 10.5 Å². The number of pyridine rings is 2. The molecule has 0 bridgehead atoms. The second-order valence-corrected chi connectivity index (χ2v) is 5.26. The Morgan fingerprint density at radius 2 is 1.91 bits per heavy atom. The molecule has 4 aromatic rings. The summed E-state index contributed by atoms with van der Waals surface area (Å²) >= 11 is 0. The molecule has 0 aliphatic heterocycles. The fourth-order valence-corrected chi connectivity index (χ4v) is 3.01. The van der Waals surface area contributed by atoms with Gasteiger partial charge in [0.15, 0.2) is 0 Å². The van der Waals surface area contributed by atoms with Crippen LogP contribution in [0.4, 0.5) is 0 Å². The molecule has 112 valence electrons. The predicted molar refractivity (Wildman–Crippen MR) is 89.6 cm³/mol. The Balaban J connectivity index is 2.33. The van der Waals surface area contributed by atoms with E-state index in [1.165, 1.54) is 0 Å². The summed E-state index contributed by atoms with van der Waals surface area (Å²) in [5.41, 5.74) is 7.21. The van der Waals surface area contributed by atoms with E-state index in [1.54, 1.807) is 25.6 Å². The molecule has 5 heteroatoms. The lowest BCUT2D eigenvalue weighted by molar-refractivity contribution is 0.100. The average Bonchev–Trinajstić information content (AvgIpc) is 2.59. The normalized spacial score (nSPS) is 11.2. The van der Waals surface area contributed by atoms with E-state index >= 15 is 0 Å². The number of carbonyl (C=O) groups excluding carboxylic acids is 1. The van der Waals surface area contributed by atoms with E-state index in [-0.39, 0.29) is 0 Å². The molecule has 1 amide bonds. The summed E-state index contributed by atoms with van der Waals surface area (Å²) in [6, 6.07) is 11.3. The second-order valence-electron chi connectivity index (χ2n) is 5.26. The van der Waals surface area contributed by atoms with E-state index in [0.717, 1.165) is 27.3 Å². The van der Waals surface area contributed by atoms with Gasteiger partial charge in [-0.3, -0.25) is 14.8 Å². The van der Waals surface area contributed by atoms with Gasteiger partial charge in [0.05, 0.1) is 23.7 Å². The SMILES string of the molecule is COc1cccc2c1cnc1c(C(N)=O)cc3ncccc3c12. The van der Waals surface area contributed by atoms with Crippen molar-refractivity contribution in [2.75, 3.05) is 7.11 Å². The molecule has 5 nitrogen and oxygen atoms in total. The summed E-state index contributed by atoms with van der Waals surface area (Å²) in [6.45, 7) is 0. The quantitative estimate of drug-likeness (QED) is 0.577. The first-order valence-electron chi connectivity index (χ1n) is 7.13. The standard InChI is InChI=1S/C18H13N3O2/c1-23-15-6-2-4-10-13(15)9-21-17-12(18(19)22)8-14-11(16(10)17)5-3-7-20-14/h2-9H,1H3,(H2,19,22). The molecular formula is C18H13N3O2. The lowest BCUT2D eigenvalue weighted by atomic mass is 9.98. The number of primary amides is 1. The highest BCUT2D eigenvalue weighted by Gasteiger charge is 2.16. The van der Waals surface area contributed by atoms with Crippen LogP contribution in [-0.2, 0) is 0 Å². The third kappa shape index (κ3) is 1.90. The van der Waals surface area contributed by atoms with Gasteiger partial charge >= 0.3 is 0 Å². The number of nitrogens with two attached hydrogens (primary N) is 1. The summed E-state index contributed by atoms with van der Waals surface area (Å²) in [6.07, 6.45) is 3.41.